The van der Waals surface area contributed by atoms with Crippen LogP contribution in [0.2, 0.25) is 0 Å². The molecule has 0 aliphatic carbocycles. The van der Waals surface area contributed by atoms with Crippen LogP contribution in [-0.2, 0) is 28.6 Å². The van der Waals surface area contributed by atoms with Gasteiger partial charge in [0.2, 0.25) is 6.10 Å². The highest BCUT2D eigenvalue weighted by atomic mass is 16.6. The third kappa shape index (κ3) is 4.87. The maximum Gasteiger partial charge on any atom is 0.347 e. The molecule has 0 saturated carbocycles. The number of ether oxygens (including phenoxy) is 3. The Morgan fingerprint density at radius 2 is 2.00 bits per heavy atom. The minimum atomic E-state index is -0.844. The number of rotatable bonds is 6. The second-order valence-electron chi connectivity index (χ2n) is 4.67. The van der Waals surface area contributed by atoms with Crippen molar-refractivity contribution >= 4 is 17.9 Å². The zero-order valence-electron chi connectivity index (χ0n) is 11.6. The summed E-state index contributed by atoms with van der Waals surface area (Å²) in [5.41, 5.74) is 0.247. The van der Waals surface area contributed by atoms with Crippen LogP contribution in [0.3, 0.4) is 0 Å². The lowest BCUT2D eigenvalue weighted by atomic mass is 10.2. The molecule has 0 aromatic carbocycles. The number of esters is 3. The zero-order chi connectivity index (χ0) is 15.3. The molecule has 0 aromatic heterocycles. The number of hydrogen-bond donors (Lipinski definition) is 0. The van der Waals surface area contributed by atoms with Crippen LogP contribution < -0.4 is 0 Å². The predicted octanol–water partition coefficient (Wildman–Crippen LogP) is 1.65. The predicted molar refractivity (Wildman–Crippen MR) is 69.3 cm³/mol. The molecule has 2 unspecified atom stereocenters. The largest absolute Gasteiger partial charge is 0.460 e. The van der Waals surface area contributed by atoms with Gasteiger partial charge in [0, 0.05) is 18.4 Å². The normalized spacial score (nSPS) is 21.0. The zero-order valence-corrected chi connectivity index (χ0v) is 11.6. The van der Waals surface area contributed by atoms with Gasteiger partial charge < -0.3 is 14.2 Å². The van der Waals surface area contributed by atoms with Crippen LogP contribution in [-0.4, -0.2) is 30.1 Å². The SMILES string of the molecule is C=C(CCC(=O)OC1CC(C)OC1=O)OC(=O)C(=C)C. The van der Waals surface area contributed by atoms with E-state index in [0.29, 0.717) is 6.42 Å². The highest BCUT2D eigenvalue weighted by Gasteiger charge is 2.34. The summed E-state index contributed by atoms with van der Waals surface area (Å²) in [6, 6.07) is 0. The average Bonchev–Trinajstić information content (AvgIpc) is 2.65. The molecule has 1 aliphatic rings. The summed E-state index contributed by atoms with van der Waals surface area (Å²) >= 11 is 0. The van der Waals surface area contributed by atoms with Crippen LogP contribution in [0, 0.1) is 0 Å². The Kier molecular flexibility index (Phi) is 5.49. The molecule has 6 heteroatoms. The molecular weight excluding hydrogens is 264 g/mol. The molecule has 0 amide bonds. The van der Waals surface area contributed by atoms with Crippen molar-refractivity contribution in [3.63, 3.8) is 0 Å². The lowest BCUT2D eigenvalue weighted by Crippen LogP contribution is -2.22. The highest BCUT2D eigenvalue weighted by molar-refractivity contribution is 5.87. The van der Waals surface area contributed by atoms with Crippen LogP contribution in [0.1, 0.15) is 33.1 Å². The highest BCUT2D eigenvalue weighted by Crippen LogP contribution is 2.18. The monoisotopic (exact) mass is 282 g/mol. The van der Waals surface area contributed by atoms with Crippen molar-refractivity contribution < 1.29 is 28.6 Å². The Hall–Kier alpha value is -2.11. The van der Waals surface area contributed by atoms with Gasteiger partial charge in [0.15, 0.2) is 0 Å². The van der Waals surface area contributed by atoms with Crippen molar-refractivity contribution in [3.05, 3.63) is 24.5 Å². The van der Waals surface area contributed by atoms with Gasteiger partial charge in [-0.15, -0.1) is 0 Å². The van der Waals surface area contributed by atoms with E-state index in [0.717, 1.165) is 0 Å². The van der Waals surface area contributed by atoms with E-state index in [9.17, 15) is 14.4 Å². The van der Waals surface area contributed by atoms with E-state index in [2.05, 4.69) is 13.2 Å². The minimum Gasteiger partial charge on any atom is -0.460 e. The molecule has 6 nitrogen and oxygen atoms in total. The Labute approximate surface area is 117 Å². The molecule has 20 heavy (non-hydrogen) atoms. The van der Waals surface area contributed by atoms with E-state index in [1.165, 1.54) is 6.92 Å². The van der Waals surface area contributed by atoms with Crippen LogP contribution in [0.4, 0.5) is 0 Å². The van der Waals surface area contributed by atoms with Gasteiger partial charge in [0.05, 0.1) is 6.42 Å². The van der Waals surface area contributed by atoms with Crippen LogP contribution in [0.5, 0.6) is 0 Å². The smallest absolute Gasteiger partial charge is 0.347 e. The van der Waals surface area contributed by atoms with E-state index in [1.54, 1.807) is 6.92 Å². The lowest BCUT2D eigenvalue weighted by molar-refractivity contribution is -0.161. The second kappa shape index (κ2) is 6.88. The molecule has 1 fully saturated rings. The maximum atomic E-state index is 11.5. The van der Waals surface area contributed by atoms with Crippen molar-refractivity contribution in [1.29, 1.82) is 0 Å². The first-order valence-corrected chi connectivity index (χ1v) is 6.25. The fraction of sp³-hybridized carbons (Fsp3) is 0.500. The Morgan fingerprint density at radius 1 is 1.35 bits per heavy atom. The average molecular weight is 282 g/mol. The number of hydrogen-bond acceptors (Lipinski definition) is 6. The van der Waals surface area contributed by atoms with Gasteiger partial charge >= 0.3 is 17.9 Å². The summed E-state index contributed by atoms with van der Waals surface area (Å²) in [6.07, 6.45) is -0.623. The summed E-state index contributed by atoms with van der Waals surface area (Å²) in [7, 11) is 0. The van der Waals surface area contributed by atoms with Gasteiger partial charge in [-0.05, 0) is 13.8 Å². The molecule has 1 aliphatic heterocycles. The lowest BCUT2D eigenvalue weighted by Gasteiger charge is -2.09. The van der Waals surface area contributed by atoms with Gasteiger partial charge in [-0.1, -0.05) is 13.2 Å². The van der Waals surface area contributed by atoms with Gasteiger partial charge in [-0.3, -0.25) is 4.79 Å². The van der Waals surface area contributed by atoms with Crippen molar-refractivity contribution in [2.24, 2.45) is 0 Å². The summed E-state index contributed by atoms with van der Waals surface area (Å²) in [5, 5.41) is 0. The first kappa shape index (κ1) is 15.9. The molecule has 0 radical (unpaired) electrons. The first-order valence-electron chi connectivity index (χ1n) is 6.25. The van der Waals surface area contributed by atoms with E-state index in [1.807, 2.05) is 0 Å². The Bertz CT molecular complexity index is 451. The third-order valence-corrected chi connectivity index (χ3v) is 2.59. The van der Waals surface area contributed by atoms with E-state index in [-0.39, 0.29) is 30.3 Å². The van der Waals surface area contributed by atoms with Crippen LogP contribution >= 0.6 is 0 Å². The molecule has 0 aromatic rings. The van der Waals surface area contributed by atoms with Gasteiger partial charge in [-0.25, -0.2) is 9.59 Å². The van der Waals surface area contributed by atoms with Crippen LogP contribution in [0.25, 0.3) is 0 Å². The molecule has 0 spiro atoms. The molecule has 1 rings (SSSR count). The van der Waals surface area contributed by atoms with E-state index in [4.69, 9.17) is 14.2 Å². The summed E-state index contributed by atoms with van der Waals surface area (Å²) < 4.78 is 14.7. The van der Waals surface area contributed by atoms with Gasteiger partial charge in [-0.2, -0.15) is 0 Å². The van der Waals surface area contributed by atoms with Crippen molar-refractivity contribution in [1.82, 2.24) is 0 Å². The summed E-state index contributed by atoms with van der Waals surface area (Å²) in [5.74, 6) is -1.53. The molecule has 110 valence electrons. The number of carbonyl (C=O) groups is 3. The minimum absolute atomic E-state index is 0.0273. The fourth-order valence-corrected chi connectivity index (χ4v) is 1.54. The molecule has 1 saturated heterocycles. The van der Waals surface area contributed by atoms with Crippen molar-refractivity contribution in [3.8, 4) is 0 Å². The summed E-state index contributed by atoms with van der Waals surface area (Å²) in [6.45, 7) is 10.2. The number of cyclic esters (lactones) is 1. The molecule has 0 bridgehead atoms. The Balaban J connectivity index is 2.30. The van der Waals surface area contributed by atoms with Gasteiger partial charge in [0.25, 0.3) is 0 Å². The molecule has 1 heterocycles. The van der Waals surface area contributed by atoms with Crippen molar-refractivity contribution in [2.45, 2.75) is 45.3 Å². The number of allylic oxidation sites excluding steroid dienone is 1. The number of carbonyl (C=O) groups excluding carboxylic acids is 3. The topological polar surface area (TPSA) is 78.9 Å². The Morgan fingerprint density at radius 3 is 2.50 bits per heavy atom. The first-order chi connectivity index (χ1) is 9.29. The van der Waals surface area contributed by atoms with E-state index >= 15 is 0 Å². The van der Waals surface area contributed by atoms with Crippen LogP contribution in [0.15, 0.2) is 24.5 Å². The fourth-order valence-electron chi connectivity index (χ4n) is 1.54. The third-order valence-electron chi connectivity index (χ3n) is 2.59. The molecule has 0 N–H and O–H groups in total. The molecular formula is C14H18O6. The van der Waals surface area contributed by atoms with Crippen molar-refractivity contribution in [2.75, 3.05) is 0 Å². The maximum absolute atomic E-state index is 11.5. The van der Waals surface area contributed by atoms with Gasteiger partial charge in [0.1, 0.15) is 11.9 Å². The standard InChI is InChI=1S/C14H18O6/c1-8(2)13(16)18-9(3)5-6-12(15)20-11-7-10(4)19-14(11)17/h10-11H,1,3,5-7H2,2,4H3. The van der Waals surface area contributed by atoms with E-state index < -0.39 is 24.0 Å². The molecule has 2 atom stereocenters. The second-order valence-corrected chi connectivity index (χ2v) is 4.67. The quantitative estimate of drug-likeness (QED) is 0.319. The summed E-state index contributed by atoms with van der Waals surface area (Å²) in [4.78, 5) is 34.0.